The number of hydrogen-bond acceptors (Lipinski definition) is 3. The Bertz CT molecular complexity index is 337. The molecule has 1 atom stereocenters. The summed E-state index contributed by atoms with van der Waals surface area (Å²) in [5, 5.41) is 13.0. The van der Waals surface area contributed by atoms with Gasteiger partial charge in [0.1, 0.15) is 5.75 Å². The van der Waals surface area contributed by atoms with Crippen LogP contribution in [0.25, 0.3) is 0 Å². The highest BCUT2D eigenvalue weighted by molar-refractivity contribution is 5.45. The van der Waals surface area contributed by atoms with Gasteiger partial charge in [0.15, 0.2) is 0 Å². The number of rotatable bonds is 4. The van der Waals surface area contributed by atoms with E-state index in [9.17, 15) is 5.11 Å². The van der Waals surface area contributed by atoms with Gasteiger partial charge in [-0.1, -0.05) is 6.07 Å². The Balaban J connectivity index is 3.17. The second-order valence-corrected chi connectivity index (χ2v) is 3.70. The van der Waals surface area contributed by atoms with E-state index in [1.165, 1.54) is 5.56 Å². The summed E-state index contributed by atoms with van der Waals surface area (Å²) in [7, 11) is 3.44. The Kier molecular flexibility index (Phi) is 4.12. The summed E-state index contributed by atoms with van der Waals surface area (Å²) in [6.45, 7) is 4.57. The minimum atomic E-state index is -0.523. The molecule has 0 saturated heterocycles. The minimum absolute atomic E-state index is 0.523. The zero-order valence-corrected chi connectivity index (χ0v) is 9.79. The Morgan fingerprint density at radius 2 is 2.07 bits per heavy atom. The largest absolute Gasteiger partial charge is 0.496 e. The summed E-state index contributed by atoms with van der Waals surface area (Å²) < 4.78 is 5.26. The molecule has 0 amide bonds. The Morgan fingerprint density at radius 3 is 2.60 bits per heavy atom. The third kappa shape index (κ3) is 2.49. The van der Waals surface area contributed by atoms with Crippen LogP contribution in [0.5, 0.6) is 5.75 Å². The van der Waals surface area contributed by atoms with Gasteiger partial charge in [-0.05, 0) is 38.1 Å². The number of methoxy groups -OCH3 is 1. The summed E-state index contributed by atoms with van der Waals surface area (Å²) in [4.78, 5) is 0. The van der Waals surface area contributed by atoms with Gasteiger partial charge in [-0.2, -0.15) is 0 Å². The van der Waals surface area contributed by atoms with E-state index in [0.717, 1.165) is 16.9 Å². The molecule has 0 fully saturated rings. The van der Waals surface area contributed by atoms with E-state index < -0.39 is 6.10 Å². The van der Waals surface area contributed by atoms with Crippen molar-refractivity contribution in [1.82, 2.24) is 5.32 Å². The first-order valence-corrected chi connectivity index (χ1v) is 5.08. The van der Waals surface area contributed by atoms with Crippen molar-refractivity contribution in [2.45, 2.75) is 20.0 Å². The Labute approximate surface area is 91.1 Å². The maximum Gasteiger partial charge on any atom is 0.124 e. The van der Waals surface area contributed by atoms with Crippen LogP contribution in [0, 0.1) is 13.8 Å². The summed E-state index contributed by atoms with van der Waals surface area (Å²) in [5.74, 6) is 0.751. The molecule has 1 aromatic rings. The fourth-order valence-electron chi connectivity index (χ4n) is 1.70. The minimum Gasteiger partial charge on any atom is -0.496 e. The maximum absolute atomic E-state index is 10.00. The lowest BCUT2D eigenvalue weighted by atomic mass is 9.98. The summed E-state index contributed by atoms with van der Waals surface area (Å²) in [5.41, 5.74) is 3.14. The molecule has 0 spiro atoms. The molecule has 2 N–H and O–H groups in total. The number of likely N-dealkylation sites (N-methyl/N-ethyl adjacent to an activating group) is 1. The predicted molar refractivity (Wildman–Crippen MR) is 61.4 cm³/mol. The number of nitrogens with one attached hydrogen (secondary N) is 1. The van der Waals surface area contributed by atoms with Crippen LogP contribution in [-0.4, -0.2) is 25.8 Å². The lowest BCUT2D eigenvalue weighted by Crippen LogP contribution is -2.18. The van der Waals surface area contributed by atoms with Crippen molar-refractivity contribution < 1.29 is 9.84 Å². The van der Waals surface area contributed by atoms with E-state index in [1.807, 2.05) is 33.0 Å². The van der Waals surface area contributed by atoms with Crippen molar-refractivity contribution in [3.8, 4) is 5.75 Å². The number of aliphatic hydroxyl groups excluding tert-OH is 1. The zero-order valence-electron chi connectivity index (χ0n) is 9.79. The van der Waals surface area contributed by atoms with Gasteiger partial charge in [0, 0.05) is 12.1 Å². The fourth-order valence-corrected chi connectivity index (χ4v) is 1.70. The number of ether oxygens (including phenoxy) is 1. The highest BCUT2D eigenvalue weighted by Gasteiger charge is 2.16. The van der Waals surface area contributed by atoms with Crippen molar-refractivity contribution in [2.24, 2.45) is 0 Å². The van der Waals surface area contributed by atoms with E-state index in [4.69, 9.17) is 4.74 Å². The molecule has 0 bridgehead atoms. The molecule has 0 aliphatic carbocycles. The lowest BCUT2D eigenvalue weighted by Gasteiger charge is -2.18. The van der Waals surface area contributed by atoms with Crippen LogP contribution < -0.4 is 10.1 Å². The van der Waals surface area contributed by atoms with Gasteiger partial charge in [0.05, 0.1) is 13.2 Å². The van der Waals surface area contributed by atoms with Crippen LogP contribution in [0.15, 0.2) is 12.1 Å². The van der Waals surface area contributed by atoms with Crippen LogP contribution in [0.2, 0.25) is 0 Å². The lowest BCUT2D eigenvalue weighted by molar-refractivity contribution is 0.172. The molecule has 0 radical (unpaired) electrons. The van der Waals surface area contributed by atoms with Gasteiger partial charge < -0.3 is 15.2 Å². The van der Waals surface area contributed by atoms with Gasteiger partial charge >= 0.3 is 0 Å². The molecule has 84 valence electrons. The molecule has 3 heteroatoms. The molecule has 0 saturated carbocycles. The molecule has 0 aliphatic heterocycles. The van der Waals surface area contributed by atoms with Crippen molar-refractivity contribution >= 4 is 0 Å². The molecule has 0 aromatic heterocycles. The standard InChI is InChI=1S/C12H19NO2/c1-8-5-6-11(15-4)12(9(8)2)10(14)7-13-3/h5-6,10,13-14H,7H2,1-4H3. The summed E-state index contributed by atoms with van der Waals surface area (Å²) >= 11 is 0. The molecule has 1 unspecified atom stereocenters. The van der Waals surface area contributed by atoms with Crippen molar-refractivity contribution in [3.05, 3.63) is 28.8 Å². The van der Waals surface area contributed by atoms with E-state index in [1.54, 1.807) is 7.11 Å². The predicted octanol–water partition coefficient (Wildman–Crippen LogP) is 1.56. The third-order valence-electron chi connectivity index (χ3n) is 2.70. The van der Waals surface area contributed by atoms with Crippen molar-refractivity contribution in [3.63, 3.8) is 0 Å². The van der Waals surface area contributed by atoms with Gasteiger partial charge in [0.2, 0.25) is 0 Å². The maximum atomic E-state index is 10.00. The monoisotopic (exact) mass is 209 g/mol. The molecule has 0 aliphatic rings. The topological polar surface area (TPSA) is 41.5 Å². The van der Waals surface area contributed by atoms with Crippen LogP contribution in [0.4, 0.5) is 0 Å². The summed E-state index contributed by atoms with van der Waals surface area (Å²) in [6, 6.07) is 3.90. The molecule has 0 heterocycles. The Hall–Kier alpha value is -1.06. The number of aryl methyl sites for hydroxylation is 1. The molecule has 1 rings (SSSR count). The van der Waals surface area contributed by atoms with Crippen LogP contribution in [-0.2, 0) is 0 Å². The fraction of sp³-hybridized carbons (Fsp3) is 0.500. The van der Waals surface area contributed by atoms with E-state index in [2.05, 4.69) is 5.32 Å². The molecule has 3 nitrogen and oxygen atoms in total. The highest BCUT2D eigenvalue weighted by Crippen LogP contribution is 2.30. The number of benzene rings is 1. The second-order valence-electron chi connectivity index (χ2n) is 3.70. The Morgan fingerprint density at radius 1 is 1.40 bits per heavy atom. The van der Waals surface area contributed by atoms with E-state index in [-0.39, 0.29) is 0 Å². The third-order valence-corrected chi connectivity index (χ3v) is 2.70. The molecule has 1 aromatic carbocycles. The second kappa shape index (κ2) is 5.14. The first kappa shape index (κ1) is 12.0. The van der Waals surface area contributed by atoms with Crippen LogP contribution in [0.1, 0.15) is 22.8 Å². The first-order valence-electron chi connectivity index (χ1n) is 5.08. The van der Waals surface area contributed by atoms with E-state index >= 15 is 0 Å². The average Bonchev–Trinajstić information content (AvgIpc) is 2.22. The van der Waals surface area contributed by atoms with Gasteiger partial charge in [-0.25, -0.2) is 0 Å². The summed E-state index contributed by atoms with van der Waals surface area (Å²) in [6.07, 6.45) is -0.523. The van der Waals surface area contributed by atoms with Gasteiger partial charge in [-0.15, -0.1) is 0 Å². The quantitative estimate of drug-likeness (QED) is 0.790. The normalized spacial score (nSPS) is 12.6. The number of aliphatic hydroxyl groups is 1. The average molecular weight is 209 g/mol. The number of hydrogen-bond donors (Lipinski definition) is 2. The van der Waals surface area contributed by atoms with Crippen molar-refractivity contribution in [1.29, 1.82) is 0 Å². The molecular formula is C12H19NO2. The van der Waals surface area contributed by atoms with Crippen LogP contribution in [0.3, 0.4) is 0 Å². The smallest absolute Gasteiger partial charge is 0.124 e. The first-order chi connectivity index (χ1) is 7.11. The van der Waals surface area contributed by atoms with Crippen LogP contribution >= 0.6 is 0 Å². The molecule has 15 heavy (non-hydrogen) atoms. The zero-order chi connectivity index (χ0) is 11.4. The van der Waals surface area contributed by atoms with Gasteiger partial charge in [-0.3, -0.25) is 0 Å². The van der Waals surface area contributed by atoms with Gasteiger partial charge in [0.25, 0.3) is 0 Å². The van der Waals surface area contributed by atoms with Crippen molar-refractivity contribution in [2.75, 3.05) is 20.7 Å². The van der Waals surface area contributed by atoms with E-state index in [0.29, 0.717) is 6.54 Å². The highest BCUT2D eigenvalue weighted by atomic mass is 16.5. The molecular weight excluding hydrogens is 190 g/mol. The SMILES string of the molecule is CNCC(O)c1c(OC)ccc(C)c1C.